The molecule has 4 aromatic heterocycles. The number of nitrogens with zero attached hydrogens (tertiary/aromatic N) is 3. The quantitative estimate of drug-likeness (QED) is 0.326. The fourth-order valence-electron chi connectivity index (χ4n) is 3.25. The second-order valence-electron chi connectivity index (χ2n) is 6.85. The van der Waals surface area contributed by atoms with Gasteiger partial charge in [0.1, 0.15) is 11.8 Å². The Kier molecular flexibility index (Phi) is 5.26. The number of thiophene rings is 1. The van der Waals surface area contributed by atoms with E-state index >= 15 is 0 Å². The standard InChI is InChI=1S/C21H17N5O2S3/c1-12(26-18(24-25-21(26)29)17-7-4-10-30-17)19(27)22-11-13-8-9-15(28-13)20-23-14-5-2-3-6-16(14)31-20/h2-10,12H,11H2,1H3,(H,22,27)(H,25,29). The Morgan fingerprint density at radius 2 is 2.13 bits per heavy atom. The van der Waals surface area contributed by atoms with Gasteiger partial charge in [0.2, 0.25) is 5.91 Å². The fraction of sp³-hybridized carbons (Fsp3) is 0.143. The second-order valence-corrected chi connectivity index (χ2v) is 9.21. The van der Waals surface area contributed by atoms with Crippen LogP contribution in [-0.2, 0) is 11.3 Å². The molecule has 5 aromatic rings. The average molecular weight is 468 g/mol. The van der Waals surface area contributed by atoms with Gasteiger partial charge in [-0.1, -0.05) is 18.2 Å². The SMILES string of the molecule is CC(C(=O)NCc1ccc(-c2nc3ccccc3s2)o1)n1c(-c2cccs2)n[nH]c1=S. The number of nitrogens with one attached hydrogen (secondary N) is 2. The predicted octanol–water partition coefficient (Wildman–Crippen LogP) is 5.42. The number of hydrogen-bond acceptors (Lipinski definition) is 7. The molecule has 10 heteroatoms. The maximum Gasteiger partial charge on any atom is 0.243 e. The van der Waals surface area contributed by atoms with E-state index in [2.05, 4.69) is 20.5 Å². The van der Waals surface area contributed by atoms with E-state index in [1.165, 1.54) is 0 Å². The molecule has 5 rings (SSSR count). The van der Waals surface area contributed by atoms with Crippen LogP contribution in [-0.4, -0.2) is 25.7 Å². The van der Waals surface area contributed by atoms with Crippen LogP contribution in [0.3, 0.4) is 0 Å². The van der Waals surface area contributed by atoms with E-state index in [0.29, 0.717) is 22.1 Å². The van der Waals surface area contributed by atoms with Crippen LogP contribution in [0.4, 0.5) is 0 Å². The van der Waals surface area contributed by atoms with Gasteiger partial charge in [-0.15, -0.1) is 22.7 Å². The number of hydrogen-bond donors (Lipinski definition) is 2. The molecule has 4 heterocycles. The summed E-state index contributed by atoms with van der Waals surface area (Å²) >= 11 is 8.47. The molecule has 1 amide bonds. The van der Waals surface area contributed by atoms with Gasteiger partial charge >= 0.3 is 0 Å². The van der Waals surface area contributed by atoms with Crippen molar-refractivity contribution in [3.05, 3.63) is 64.4 Å². The molecular formula is C21H17N5O2S3. The van der Waals surface area contributed by atoms with Crippen molar-refractivity contribution in [2.24, 2.45) is 0 Å². The highest BCUT2D eigenvalue weighted by molar-refractivity contribution is 7.71. The summed E-state index contributed by atoms with van der Waals surface area (Å²) in [6.45, 7) is 2.07. The van der Waals surface area contributed by atoms with E-state index in [0.717, 1.165) is 20.1 Å². The number of thiazole rings is 1. The number of furan rings is 1. The molecule has 0 bridgehead atoms. The lowest BCUT2D eigenvalue weighted by molar-refractivity contribution is -0.124. The van der Waals surface area contributed by atoms with Gasteiger partial charge in [-0.05, 0) is 54.9 Å². The fourth-order valence-corrected chi connectivity index (χ4v) is 5.18. The number of aromatic nitrogens is 4. The Hall–Kier alpha value is -3.08. The van der Waals surface area contributed by atoms with E-state index in [9.17, 15) is 4.79 Å². The molecule has 1 unspecified atom stereocenters. The lowest BCUT2D eigenvalue weighted by Gasteiger charge is -2.14. The molecule has 156 valence electrons. The maximum absolute atomic E-state index is 12.8. The molecule has 0 saturated heterocycles. The van der Waals surface area contributed by atoms with Crippen molar-refractivity contribution in [3.8, 4) is 21.5 Å². The molecule has 0 fully saturated rings. The van der Waals surface area contributed by atoms with Crippen LogP contribution < -0.4 is 5.32 Å². The number of carbonyl (C=O) groups is 1. The van der Waals surface area contributed by atoms with E-state index in [-0.39, 0.29) is 12.5 Å². The molecule has 0 aliphatic rings. The monoisotopic (exact) mass is 467 g/mol. The van der Waals surface area contributed by atoms with Gasteiger partial charge in [0.25, 0.3) is 0 Å². The minimum absolute atomic E-state index is 0.173. The third kappa shape index (κ3) is 3.85. The Balaban J connectivity index is 1.29. The van der Waals surface area contributed by atoms with Gasteiger partial charge in [0.05, 0.1) is 21.6 Å². The van der Waals surface area contributed by atoms with Gasteiger partial charge < -0.3 is 9.73 Å². The first-order valence-corrected chi connectivity index (χ1v) is 11.6. The Morgan fingerprint density at radius 1 is 1.26 bits per heavy atom. The zero-order valence-corrected chi connectivity index (χ0v) is 18.8. The van der Waals surface area contributed by atoms with E-state index in [1.807, 2.05) is 53.9 Å². The summed E-state index contributed by atoms with van der Waals surface area (Å²) in [6.07, 6.45) is 0. The molecular weight excluding hydrogens is 450 g/mol. The lowest BCUT2D eigenvalue weighted by atomic mass is 10.3. The highest BCUT2D eigenvalue weighted by Crippen LogP contribution is 2.31. The largest absolute Gasteiger partial charge is 0.457 e. The first kappa shape index (κ1) is 19.9. The zero-order chi connectivity index (χ0) is 21.4. The number of carbonyl (C=O) groups excluding carboxylic acids is 1. The first-order chi connectivity index (χ1) is 15.1. The summed E-state index contributed by atoms with van der Waals surface area (Å²) in [5.74, 6) is 1.83. The van der Waals surface area contributed by atoms with Crippen LogP contribution >= 0.6 is 34.9 Å². The third-order valence-electron chi connectivity index (χ3n) is 4.82. The number of fused-ring (bicyclic) bond motifs is 1. The molecule has 1 aromatic carbocycles. The normalized spacial score (nSPS) is 12.3. The highest BCUT2D eigenvalue weighted by Gasteiger charge is 2.21. The van der Waals surface area contributed by atoms with Gasteiger partial charge in [-0.3, -0.25) is 14.5 Å². The van der Waals surface area contributed by atoms with Crippen molar-refractivity contribution in [1.29, 1.82) is 0 Å². The molecule has 1 atom stereocenters. The minimum atomic E-state index is -0.526. The Labute approximate surface area is 190 Å². The number of benzene rings is 1. The first-order valence-electron chi connectivity index (χ1n) is 9.53. The van der Waals surface area contributed by atoms with Crippen LogP contribution in [0.1, 0.15) is 18.7 Å². The van der Waals surface area contributed by atoms with Crippen molar-refractivity contribution in [1.82, 2.24) is 25.1 Å². The van der Waals surface area contributed by atoms with Crippen molar-refractivity contribution < 1.29 is 9.21 Å². The van der Waals surface area contributed by atoms with Gasteiger partial charge in [-0.2, -0.15) is 5.10 Å². The van der Waals surface area contributed by atoms with Crippen LogP contribution in [0.25, 0.3) is 31.7 Å². The summed E-state index contributed by atoms with van der Waals surface area (Å²) in [4.78, 5) is 18.4. The topological polar surface area (TPSA) is 88.7 Å². The summed E-state index contributed by atoms with van der Waals surface area (Å²) in [5.41, 5.74) is 0.945. The summed E-state index contributed by atoms with van der Waals surface area (Å²) in [7, 11) is 0. The van der Waals surface area contributed by atoms with Crippen molar-refractivity contribution in [3.63, 3.8) is 0 Å². The molecule has 2 N–H and O–H groups in total. The Morgan fingerprint density at radius 3 is 2.94 bits per heavy atom. The third-order valence-corrected chi connectivity index (χ3v) is 7.02. The highest BCUT2D eigenvalue weighted by atomic mass is 32.1. The number of aromatic amines is 1. The van der Waals surface area contributed by atoms with Crippen LogP contribution in [0.15, 0.2) is 58.3 Å². The Bertz CT molecular complexity index is 1380. The molecule has 0 aliphatic heterocycles. The number of amides is 1. The number of rotatable bonds is 6. The second kappa shape index (κ2) is 8.22. The average Bonchev–Trinajstić information content (AvgIpc) is 3.57. The zero-order valence-electron chi connectivity index (χ0n) is 16.4. The predicted molar refractivity (Wildman–Crippen MR) is 125 cm³/mol. The van der Waals surface area contributed by atoms with Crippen molar-refractivity contribution in [2.45, 2.75) is 19.5 Å². The van der Waals surface area contributed by atoms with Crippen LogP contribution in [0.5, 0.6) is 0 Å². The number of H-pyrrole nitrogens is 1. The lowest BCUT2D eigenvalue weighted by Crippen LogP contribution is -2.30. The molecule has 0 radical (unpaired) electrons. The number of para-hydroxylation sites is 1. The smallest absolute Gasteiger partial charge is 0.243 e. The van der Waals surface area contributed by atoms with Gasteiger partial charge in [0, 0.05) is 0 Å². The van der Waals surface area contributed by atoms with Crippen LogP contribution in [0.2, 0.25) is 0 Å². The van der Waals surface area contributed by atoms with Gasteiger partial charge in [0.15, 0.2) is 21.4 Å². The van der Waals surface area contributed by atoms with Crippen molar-refractivity contribution in [2.75, 3.05) is 0 Å². The summed E-state index contributed by atoms with van der Waals surface area (Å²) in [5, 5.41) is 12.8. The maximum atomic E-state index is 12.8. The summed E-state index contributed by atoms with van der Waals surface area (Å²) < 4.78 is 9.15. The van der Waals surface area contributed by atoms with E-state index in [4.69, 9.17) is 16.6 Å². The molecule has 0 aliphatic carbocycles. The van der Waals surface area contributed by atoms with Gasteiger partial charge in [-0.25, -0.2) is 4.98 Å². The summed E-state index contributed by atoms with van der Waals surface area (Å²) in [6, 6.07) is 15.1. The van der Waals surface area contributed by atoms with E-state index in [1.54, 1.807) is 34.2 Å². The molecule has 0 saturated carbocycles. The van der Waals surface area contributed by atoms with Crippen LogP contribution in [0, 0.1) is 4.77 Å². The minimum Gasteiger partial charge on any atom is -0.457 e. The van der Waals surface area contributed by atoms with Crippen molar-refractivity contribution >= 4 is 51.0 Å². The van der Waals surface area contributed by atoms with E-state index < -0.39 is 6.04 Å². The molecule has 7 nitrogen and oxygen atoms in total. The molecule has 0 spiro atoms. The molecule has 31 heavy (non-hydrogen) atoms.